The SMILES string of the molecule is C[C@@H]1CCCN1CCCOc1ccc(N2CCC3(CC2)CN(CC(F)(F)F)C(=O)CO3)cc1. The van der Waals surface area contributed by atoms with Gasteiger partial charge in [0.05, 0.1) is 18.8 Å². The number of hydrogen-bond acceptors (Lipinski definition) is 5. The van der Waals surface area contributed by atoms with Gasteiger partial charge in [-0.1, -0.05) is 0 Å². The Kier molecular flexibility index (Phi) is 7.38. The number of benzene rings is 1. The monoisotopic (exact) mass is 469 g/mol. The first kappa shape index (κ1) is 24.1. The Labute approximate surface area is 193 Å². The number of likely N-dealkylation sites (tertiary alicyclic amines) is 1. The van der Waals surface area contributed by atoms with Gasteiger partial charge < -0.3 is 24.2 Å². The predicted molar refractivity (Wildman–Crippen MR) is 120 cm³/mol. The van der Waals surface area contributed by atoms with Crippen molar-refractivity contribution in [3.8, 4) is 5.75 Å². The third-order valence-electron chi connectivity index (χ3n) is 7.13. The lowest BCUT2D eigenvalue weighted by Gasteiger charge is -2.47. The normalized spacial score (nSPS) is 24.0. The smallest absolute Gasteiger partial charge is 0.406 e. The van der Waals surface area contributed by atoms with Crippen molar-refractivity contribution in [2.75, 3.05) is 57.4 Å². The predicted octanol–water partition coefficient (Wildman–Crippen LogP) is 3.70. The molecule has 33 heavy (non-hydrogen) atoms. The summed E-state index contributed by atoms with van der Waals surface area (Å²) in [5.74, 6) is 0.254. The zero-order chi connectivity index (χ0) is 23.5. The molecule has 3 aliphatic rings. The molecule has 184 valence electrons. The molecule has 3 heterocycles. The second-order valence-corrected chi connectivity index (χ2v) is 9.55. The Morgan fingerprint density at radius 1 is 1.15 bits per heavy atom. The van der Waals surface area contributed by atoms with Crippen molar-refractivity contribution in [2.24, 2.45) is 0 Å². The summed E-state index contributed by atoms with van der Waals surface area (Å²) < 4.78 is 50.1. The van der Waals surface area contributed by atoms with Crippen LogP contribution in [0.25, 0.3) is 0 Å². The Bertz CT molecular complexity index is 794. The van der Waals surface area contributed by atoms with Gasteiger partial charge in [0.2, 0.25) is 5.91 Å². The average molecular weight is 470 g/mol. The number of ether oxygens (including phenoxy) is 2. The van der Waals surface area contributed by atoms with Crippen LogP contribution in [0.1, 0.15) is 39.0 Å². The van der Waals surface area contributed by atoms with Gasteiger partial charge in [0.1, 0.15) is 18.9 Å². The number of halogens is 3. The van der Waals surface area contributed by atoms with E-state index in [0.29, 0.717) is 38.6 Å². The molecule has 6 nitrogen and oxygen atoms in total. The average Bonchev–Trinajstić information content (AvgIpc) is 3.19. The quantitative estimate of drug-likeness (QED) is 0.570. The maximum absolute atomic E-state index is 12.8. The van der Waals surface area contributed by atoms with Crippen molar-refractivity contribution in [3.05, 3.63) is 24.3 Å². The summed E-state index contributed by atoms with van der Waals surface area (Å²) in [6.45, 7) is 5.09. The van der Waals surface area contributed by atoms with E-state index in [1.54, 1.807) is 0 Å². The van der Waals surface area contributed by atoms with Gasteiger partial charge in [-0.3, -0.25) is 4.79 Å². The summed E-state index contributed by atoms with van der Waals surface area (Å²) in [6.07, 6.45) is 0.357. The lowest BCUT2D eigenvalue weighted by molar-refractivity contribution is -0.191. The maximum atomic E-state index is 12.8. The highest BCUT2D eigenvalue weighted by Crippen LogP contribution is 2.34. The number of piperidine rings is 1. The molecule has 0 N–H and O–H groups in total. The molecule has 1 aromatic carbocycles. The first-order valence-electron chi connectivity index (χ1n) is 11.9. The first-order chi connectivity index (χ1) is 15.7. The summed E-state index contributed by atoms with van der Waals surface area (Å²) in [5, 5.41) is 0. The summed E-state index contributed by atoms with van der Waals surface area (Å²) in [6, 6.07) is 8.67. The Balaban J connectivity index is 1.23. The number of alkyl halides is 3. The Morgan fingerprint density at radius 3 is 2.52 bits per heavy atom. The van der Waals surface area contributed by atoms with Gasteiger partial charge in [-0.05, 0) is 69.8 Å². The standard InChI is InChI=1S/C24H34F3N3O3/c1-19-4-2-11-28(19)12-3-15-32-21-7-5-20(6-8-21)29-13-9-23(10-14-29)17-30(18-24(25,26)27)22(31)16-33-23/h5-8,19H,2-4,9-18H2,1H3/t19-/m1/s1. The van der Waals surface area contributed by atoms with Crippen molar-refractivity contribution >= 4 is 11.6 Å². The molecule has 1 atom stereocenters. The highest BCUT2D eigenvalue weighted by atomic mass is 19.4. The van der Waals surface area contributed by atoms with Gasteiger partial charge in [0.25, 0.3) is 0 Å². The molecule has 0 bridgehead atoms. The van der Waals surface area contributed by atoms with Crippen LogP contribution in [0.4, 0.5) is 18.9 Å². The van der Waals surface area contributed by atoms with Crippen LogP contribution < -0.4 is 9.64 Å². The second kappa shape index (κ2) is 10.1. The zero-order valence-corrected chi connectivity index (χ0v) is 19.3. The molecule has 0 saturated carbocycles. The van der Waals surface area contributed by atoms with Crippen LogP contribution in [0.3, 0.4) is 0 Å². The van der Waals surface area contributed by atoms with Crippen LogP contribution in [0.15, 0.2) is 24.3 Å². The van der Waals surface area contributed by atoms with E-state index in [-0.39, 0.29) is 13.2 Å². The zero-order valence-electron chi connectivity index (χ0n) is 19.3. The summed E-state index contributed by atoms with van der Waals surface area (Å²) in [4.78, 5) is 17.5. The van der Waals surface area contributed by atoms with Crippen molar-refractivity contribution in [3.63, 3.8) is 0 Å². The van der Waals surface area contributed by atoms with Gasteiger partial charge in [-0.15, -0.1) is 0 Å². The fraction of sp³-hybridized carbons (Fsp3) is 0.708. The summed E-state index contributed by atoms with van der Waals surface area (Å²) in [7, 11) is 0. The number of hydrogen-bond donors (Lipinski definition) is 0. The Morgan fingerprint density at radius 2 is 1.88 bits per heavy atom. The van der Waals surface area contributed by atoms with E-state index >= 15 is 0 Å². The number of carbonyl (C=O) groups excluding carboxylic acids is 1. The van der Waals surface area contributed by atoms with E-state index in [1.165, 1.54) is 19.4 Å². The molecule has 9 heteroatoms. The third kappa shape index (κ3) is 6.32. The topological polar surface area (TPSA) is 45.2 Å². The summed E-state index contributed by atoms with van der Waals surface area (Å²) in [5.41, 5.74) is 0.369. The number of anilines is 1. The molecule has 1 aromatic rings. The van der Waals surface area contributed by atoms with E-state index in [4.69, 9.17) is 9.47 Å². The molecule has 3 saturated heterocycles. The number of rotatable bonds is 7. The molecule has 1 spiro atoms. The molecule has 0 unspecified atom stereocenters. The molecule has 0 aromatic heterocycles. The van der Waals surface area contributed by atoms with Crippen LogP contribution >= 0.6 is 0 Å². The lowest BCUT2D eigenvalue weighted by Crippen LogP contribution is -2.60. The molecule has 4 rings (SSSR count). The highest BCUT2D eigenvalue weighted by Gasteiger charge is 2.45. The maximum Gasteiger partial charge on any atom is 0.406 e. The van der Waals surface area contributed by atoms with E-state index in [9.17, 15) is 18.0 Å². The van der Waals surface area contributed by atoms with Gasteiger partial charge in [0.15, 0.2) is 0 Å². The highest BCUT2D eigenvalue weighted by molar-refractivity contribution is 5.78. The second-order valence-electron chi connectivity index (χ2n) is 9.55. The third-order valence-corrected chi connectivity index (χ3v) is 7.13. The number of amides is 1. The van der Waals surface area contributed by atoms with Crippen molar-refractivity contribution in [2.45, 2.75) is 56.8 Å². The van der Waals surface area contributed by atoms with E-state index in [1.807, 2.05) is 24.3 Å². The van der Waals surface area contributed by atoms with Crippen LogP contribution in [0, 0.1) is 0 Å². The number of morpholine rings is 1. The molecular weight excluding hydrogens is 435 g/mol. The van der Waals surface area contributed by atoms with Crippen LogP contribution in [0.5, 0.6) is 5.75 Å². The lowest BCUT2D eigenvalue weighted by atomic mass is 9.89. The fourth-order valence-corrected chi connectivity index (χ4v) is 5.16. The molecule has 3 fully saturated rings. The van der Waals surface area contributed by atoms with E-state index in [0.717, 1.165) is 29.3 Å². The van der Waals surface area contributed by atoms with Crippen molar-refractivity contribution in [1.82, 2.24) is 9.80 Å². The minimum absolute atomic E-state index is 0.00215. The number of nitrogens with zero attached hydrogens (tertiary/aromatic N) is 3. The number of carbonyl (C=O) groups is 1. The Hall–Kier alpha value is -2.00. The summed E-state index contributed by atoms with van der Waals surface area (Å²) >= 11 is 0. The molecule has 3 aliphatic heterocycles. The van der Waals surface area contributed by atoms with Gasteiger partial charge >= 0.3 is 6.18 Å². The molecular formula is C24H34F3N3O3. The minimum atomic E-state index is -4.40. The van der Waals surface area contributed by atoms with Gasteiger partial charge in [-0.2, -0.15) is 13.2 Å². The van der Waals surface area contributed by atoms with E-state index in [2.05, 4.69) is 16.7 Å². The van der Waals surface area contributed by atoms with Crippen LogP contribution in [0.2, 0.25) is 0 Å². The largest absolute Gasteiger partial charge is 0.494 e. The molecule has 1 amide bonds. The van der Waals surface area contributed by atoms with Crippen LogP contribution in [-0.4, -0.2) is 86.0 Å². The van der Waals surface area contributed by atoms with Crippen LogP contribution in [-0.2, 0) is 9.53 Å². The molecule has 0 radical (unpaired) electrons. The van der Waals surface area contributed by atoms with Gasteiger partial charge in [-0.25, -0.2) is 0 Å². The molecule has 0 aliphatic carbocycles. The minimum Gasteiger partial charge on any atom is -0.494 e. The van der Waals surface area contributed by atoms with Crippen molar-refractivity contribution in [1.29, 1.82) is 0 Å². The first-order valence-corrected chi connectivity index (χ1v) is 11.9. The van der Waals surface area contributed by atoms with Gasteiger partial charge in [0, 0.05) is 31.4 Å². The van der Waals surface area contributed by atoms with Crippen molar-refractivity contribution < 1.29 is 27.4 Å². The van der Waals surface area contributed by atoms with E-state index < -0.39 is 24.2 Å². The fourth-order valence-electron chi connectivity index (χ4n) is 5.16.